The van der Waals surface area contributed by atoms with Crippen LogP contribution in [0.2, 0.25) is 0 Å². The molecule has 5 heteroatoms. The predicted molar refractivity (Wildman–Crippen MR) is 158 cm³/mol. The summed E-state index contributed by atoms with van der Waals surface area (Å²) >= 11 is 0. The molecule has 2 aromatic rings. The highest BCUT2D eigenvalue weighted by atomic mass is 16.5. The lowest BCUT2D eigenvalue weighted by atomic mass is 9.67. The Balaban J connectivity index is 1.64. The highest BCUT2D eigenvalue weighted by molar-refractivity contribution is 6.16. The minimum atomic E-state index is -1.54. The summed E-state index contributed by atoms with van der Waals surface area (Å²) < 4.78 is 5.53. The first-order valence-corrected chi connectivity index (χ1v) is 14.2. The van der Waals surface area contributed by atoms with Crippen molar-refractivity contribution in [1.82, 2.24) is 0 Å². The summed E-state index contributed by atoms with van der Waals surface area (Å²) in [6.07, 6.45) is 10.0. The van der Waals surface area contributed by atoms with E-state index in [2.05, 4.69) is 30.0 Å². The zero-order valence-corrected chi connectivity index (χ0v) is 23.9. The van der Waals surface area contributed by atoms with Gasteiger partial charge in [0.05, 0.1) is 18.3 Å². The van der Waals surface area contributed by atoms with Crippen LogP contribution in [0.25, 0.3) is 0 Å². The van der Waals surface area contributed by atoms with E-state index in [9.17, 15) is 14.4 Å². The van der Waals surface area contributed by atoms with Crippen molar-refractivity contribution in [2.24, 2.45) is 11.3 Å². The number of benzene rings is 2. The van der Waals surface area contributed by atoms with Crippen molar-refractivity contribution < 1.29 is 24.2 Å². The smallest absolute Gasteiger partial charge is 0.172 e. The highest BCUT2D eigenvalue weighted by Gasteiger charge is 2.46. The molecule has 1 N–H and O–H groups in total. The van der Waals surface area contributed by atoms with Crippen LogP contribution in [0.15, 0.2) is 72.5 Å². The first kappa shape index (κ1) is 30.8. The van der Waals surface area contributed by atoms with E-state index < -0.39 is 17.1 Å². The first-order chi connectivity index (χ1) is 19.3. The molecule has 0 spiro atoms. The lowest BCUT2D eigenvalue weighted by molar-refractivity contribution is -0.139. The molecule has 5 nitrogen and oxygen atoms in total. The second-order valence-corrected chi connectivity index (χ2v) is 10.5. The van der Waals surface area contributed by atoms with Gasteiger partial charge >= 0.3 is 0 Å². The monoisotopic (exact) mass is 540 g/mol. The molecule has 0 aromatic heterocycles. The molecule has 2 aromatic carbocycles. The second-order valence-electron chi connectivity index (χ2n) is 10.5. The number of rotatable bonds is 11. The second kappa shape index (κ2) is 15.1. The largest absolute Gasteiger partial charge is 0.515 e. The van der Waals surface area contributed by atoms with Gasteiger partial charge in [-0.3, -0.25) is 14.4 Å². The third-order valence-electron chi connectivity index (χ3n) is 7.75. The fourth-order valence-corrected chi connectivity index (χ4v) is 4.93. The standard InChI is InChI=1S/C35H40O5/c1-4-7-32(37)35(3,33(38)21-23-36)26(2)34(39)31-19-17-30(18-20-31)16-15-29-13-11-28(12-14-29)9-5-8-27-10-6-24-40-25-22-27/h8,11-14,17-21,23,26,36H,4-7,9-10,22,24-25H2,1-3H3/b23-21+,27-8+/t26?,35-/m0/s1. The van der Waals surface area contributed by atoms with Gasteiger partial charge in [0.15, 0.2) is 11.6 Å². The van der Waals surface area contributed by atoms with Gasteiger partial charge < -0.3 is 9.84 Å². The Morgan fingerprint density at radius 2 is 1.65 bits per heavy atom. The Labute approximate surface area is 238 Å². The van der Waals surface area contributed by atoms with Gasteiger partial charge in [0.2, 0.25) is 0 Å². The molecule has 0 aliphatic carbocycles. The Kier molecular flexibility index (Phi) is 11.7. The Hall–Kier alpha value is -3.75. The van der Waals surface area contributed by atoms with Crippen molar-refractivity contribution in [3.05, 3.63) is 94.8 Å². The average Bonchev–Trinajstić information content (AvgIpc) is 3.25. The molecule has 0 amide bonds. The van der Waals surface area contributed by atoms with Crippen molar-refractivity contribution in [2.45, 2.75) is 65.7 Å². The van der Waals surface area contributed by atoms with Crippen LogP contribution in [-0.2, 0) is 20.7 Å². The Morgan fingerprint density at radius 3 is 2.27 bits per heavy atom. The maximum absolute atomic E-state index is 13.3. The molecular weight excluding hydrogens is 500 g/mol. The van der Waals surface area contributed by atoms with Crippen LogP contribution in [0, 0.1) is 23.2 Å². The number of hydrogen-bond donors (Lipinski definition) is 1. The lowest BCUT2D eigenvalue weighted by Gasteiger charge is -2.31. The summed E-state index contributed by atoms with van der Waals surface area (Å²) in [4.78, 5) is 38.9. The molecule has 0 radical (unpaired) electrons. The van der Waals surface area contributed by atoms with E-state index in [1.807, 2.05) is 19.1 Å². The number of carbonyl (C=O) groups excluding carboxylic acids is 3. The number of allylic oxidation sites excluding steroid dienone is 2. The van der Waals surface area contributed by atoms with Crippen LogP contribution in [0.3, 0.4) is 0 Å². The number of ketones is 3. The van der Waals surface area contributed by atoms with Gasteiger partial charge in [0, 0.05) is 41.7 Å². The van der Waals surface area contributed by atoms with E-state index >= 15 is 0 Å². The number of ether oxygens (including phenoxy) is 1. The zero-order valence-electron chi connectivity index (χ0n) is 23.9. The van der Waals surface area contributed by atoms with E-state index in [-0.39, 0.29) is 18.0 Å². The maximum atomic E-state index is 13.3. The fraction of sp³-hybridized carbons (Fsp3) is 0.400. The summed E-state index contributed by atoms with van der Waals surface area (Å²) in [7, 11) is 0. The molecule has 0 bridgehead atoms. The van der Waals surface area contributed by atoms with Gasteiger partial charge in [-0.15, -0.1) is 0 Å². The van der Waals surface area contributed by atoms with Crippen molar-refractivity contribution in [3.63, 3.8) is 0 Å². The van der Waals surface area contributed by atoms with Gasteiger partial charge in [-0.2, -0.15) is 0 Å². The van der Waals surface area contributed by atoms with Crippen LogP contribution in [0.1, 0.15) is 86.3 Å². The van der Waals surface area contributed by atoms with E-state index in [0.717, 1.165) is 62.5 Å². The molecule has 2 atom stereocenters. The van der Waals surface area contributed by atoms with Crippen LogP contribution in [-0.4, -0.2) is 35.7 Å². The van der Waals surface area contributed by atoms with Gasteiger partial charge in [-0.1, -0.05) is 61.6 Å². The summed E-state index contributed by atoms with van der Waals surface area (Å²) in [5.41, 5.74) is 3.33. The van der Waals surface area contributed by atoms with Crippen LogP contribution < -0.4 is 0 Å². The minimum Gasteiger partial charge on any atom is -0.515 e. The predicted octanol–water partition coefficient (Wildman–Crippen LogP) is 6.98. The Bertz CT molecular complexity index is 1280. The summed E-state index contributed by atoms with van der Waals surface area (Å²) in [6, 6.07) is 15.2. The van der Waals surface area contributed by atoms with Crippen LogP contribution in [0.5, 0.6) is 0 Å². The topological polar surface area (TPSA) is 80.7 Å². The van der Waals surface area contributed by atoms with Gasteiger partial charge in [0.1, 0.15) is 5.78 Å². The number of Topliss-reactive ketones (excluding diaryl/α,β-unsaturated/α-hetero) is 2. The molecule has 1 heterocycles. The molecule has 0 saturated carbocycles. The highest BCUT2D eigenvalue weighted by Crippen LogP contribution is 2.34. The van der Waals surface area contributed by atoms with Crippen molar-refractivity contribution >= 4 is 17.3 Å². The van der Waals surface area contributed by atoms with Crippen LogP contribution in [0.4, 0.5) is 0 Å². The number of carbonyl (C=O) groups is 3. The van der Waals surface area contributed by atoms with Gasteiger partial charge in [-0.25, -0.2) is 0 Å². The number of hydrogen-bond acceptors (Lipinski definition) is 5. The normalized spacial score (nSPS) is 16.9. The van der Waals surface area contributed by atoms with E-state index in [1.54, 1.807) is 31.2 Å². The minimum absolute atomic E-state index is 0.183. The molecule has 1 aliphatic heterocycles. The molecule has 210 valence electrons. The summed E-state index contributed by atoms with van der Waals surface area (Å²) in [6.45, 7) is 6.64. The van der Waals surface area contributed by atoms with E-state index in [4.69, 9.17) is 9.84 Å². The quantitative estimate of drug-likeness (QED) is 0.0830. The molecular formula is C35H40O5. The van der Waals surface area contributed by atoms with Gasteiger partial charge in [-0.05, 0) is 75.3 Å². The average molecular weight is 541 g/mol. The van der Waals surface area contributed by atoms with Crippen molar-refractivity contribution in [1.29, 1.82) is 0 Å². The molecule has 3 rings (SSSR count). The molecule has 1 fully saturated rings. The van der Waals surface area contributed by atoms with E-state index in [0.29, 0.717) is 18.2 Å². The molecule has 40 heavy (non-hydrogen) atoms. The number of aliphatic hydroxyl groups is 1. The molecule has 1 saturated heterocycles. The number of aliphatic hydroxyl groups excluding tert-OH is 1. The van der Waals surface area contributed by atoms with Gasteiger partial charge in [0.25, 0.3) is 0 Å². The zero-order chi connectivity index (χ0) is 29.0. The summed E-state index contributed by atoms with van der Waals surface area (Å²) in [5, 5.41) is 9.10. The summed E-state index contributed by atoms with van der Waals surface area (Å²) in [5.74, 6) is 4.25. The van der Waals surface area contributed by atoms with E-state index in [1.165, 1.54) is 18.1 Å². The third-order valence-corrected chi connectivity index (χ3v) is 7.75. The number of aryl methyl sites for hydroxylation is 1. The SMILES string of the molecule is CCCC(=O)[C@@](C)(C(=O)/C=C/O)C(C)C(=O)c1ccc(C#Cc2ccc(CC/C=C3\CCCOCC3)cc2)cc1. The molecule has 1 aliphatic rings. The maximum Gasteiger partial charge on any atom is 0.172 e. The van der Waals surface area contributed by atoms with Crippen molar-refractivity contribution in [2.75, 3.05) is 13.2 Å². The third kappa shape index (κ3) is 8.13. The Morgan fingerprint density at radius 1 is 1.00 bits per heavy atom. The van der Waals surface area contributed by atoms with Crippen LogP contribution >= 0.6 is 0 Å². The van der Waals surface area contributed by atoms with Crippen molar-refractivity contribution in [3.8, 4) is 11.8 Å². The first-order valence-electron chi connectivity index (χ1n) is 14.2. The fourth-order valence-electron chi connectivity index (χ4n) is 4.93. The lowest BCUT2D eigenvalue weighted by Crippen LogP contribution is -2.44. The molecule has 1 unspecified atom stereocenters.